The molecule has 2 heterocycles. The van der Waals surface area contributed by atoms with Gasteiger partial charge in [0.05, 0.1) is 41.4 Å². The molecule has 0 N–H and O–H groups in total. The Morgan fingerprint density at radius 3 is 1.81 bits per heavy atom. The van der Waals surface area contributed by atoms with Gasteiger partial charge in [-0.3, -0.25) is 0 Å². The number of rotatable bonds is 6. The summed E-state index contributed by atoms with van der Waals surface area (Å²) >= 11 is 0. The molecule has 0 radical (unpaired) electrons. The Kier molecular flexibility index (Phi) is 4.53. The highest BCUT2D eigenvalue weighted by Crippen LogP contribution is 2.46. The maximum absolute atomic E-state index is 9.92. The van der Waals surface area contributed by atoms with Crippen LogP contribution in [0.4, 0.5) is 17.1 Å². The van der Waals surface area contributed by atoms with Crippen LogP contribution in [0.3, 0.4) is 0 Å². The molecule has 2 aromatic heterocycles. The topological polar surface area (TPSA) is 21.3 Å². The van der Waals surface area contributed by atoms with Crippen molar-refractivity contribution in [3.05, 3.63) is 218 Å². The van der Waals surface area contributed by atoms with Gasteiger partial charge in [0.1, 0.15) is 11.2 Å². The van der Waals surface area contributed by atoms with Gasteiger partial charge in [0.2, 0.25) is 0 Å². The number of para-hydroxylation sites is 5. The fourth-order valence-electron chi connectivity index (χ4n) is 8.14. The van der Waals surface area contributed by atoms with E-state index in [4.69, 9.17) is 19.5 Å². The molecule has 0 atom stereocenters. The van der Waals surface area contributed by atoms with Crippen molar-refractivity contribution in [2.75, 3.05) is 4.90 Å². The molecular weight excluding hydrogens is 717 g/mol. The maximum Gasteiger partial charge on any atom is 0.143 e. The molecule has 0 saturated heterocycles. The van der Waals surface area contributed by atoms with Crippen molar-refractivity contribution in [3.63, 3.8) is 0 Å². The van der Waals surface area contributed by atoms with E-state index in [0.29, 0.717) is 38.8 Å². The Labute approximate surface area is 366 Å². The highest BCUT2D eigenvalue weighted by molar-refractivity contribution is 6.15. The Hall–Kier alpha value is -7.88. The first-order chi connectivity index (χ1) is 36.8. The van der Waals surface area contributed by atoms with Crippen LogP contribution >= 0.6 is 0 Å². The number of furan rings is 1. The fraction of sp³-hybridized carbons (Fsp3) is 0. The van der Waals surface area contributed by atoms with Gasteiger partial charge < -0.3 is 13.9 Å². The van der Waals surface area contributed by atoms with Crippen molar-refractivity contribution < 1.29 is 29.1 Å². The number of nitrogens with zero attached hydrogens (tertiary/aromatic N) is 2. The Bertz CT molecular complexity index is 4530. The van der Waals surface area contributed by atoms with Crippen LogP contribution in [0.5, 0.6) is 0 Å². The quantitative estimate of drug-likeness (QED) is 0.157. The first-order valence-electron chi connectivity index (χ1n) is 27.7. The number of benzene rings is 10. The molecule has 0 bridgehead atoms. The monoisotopic (exact) mass is 770 g/mol. The third-order valence-corrected chi connectivity index (χ3v) is 10.7. The van der Waals surface area contributed by atoms with Crippen molar-refractivity contribution in [1.29, 1.82) is 0 Å². The number of aromatic nitrogens is 1. The molecule has 3 nitrogen and oxygen atoms in total. The average molecular weight is 771 g/mol. The minimum atomic E-state index is -0.896. The summed E-state index contributed by atoms with van der Waals surface area (Å²) in [5, 5.41) is 1.18. The summed E-state index contributed by atoms with van der Waals surface area (Å²) in [5.74, 6) is 0. The first-order valence-corrected chi connectivity index (χ1v) is 18.7. The van der Waals surface area contributed by atoms with E-state index in [9.17, 15) is 9.60 Å². The molecule has 3 heteroatoms. The van der Waals surface area contributed by atoms with Crippen molar-refractivity contribution >= 4 is 82.4 Å². The molecule has 0 unspecified atom stereocenters. The molecule has 276 valence electrons. The summed E-state index contributed by atoms with van der Waals surface area (Å²) in [5.41, 5.74) is 1.93. The van der Waals surface area contributed by atoms with Crippen LogP contribution in [0.1, 0.15) is 24.7 Å². The van der Waals surface area contributed by atoms with Crippen LogP contribution in [0, 0.1) is 0 Å². The van der Waals surface area contributed by atoms with E-state index in [0.717, 1.165) is 26.7 Å². The second kappa shape index (κ2) is 13.4. The molecule has 0 amide bonds. The second-order valence-electron chi connectivity index (χ2n) is 13.9. The molecule has 59 heavy (non-hydrogen) atoms. The Balaban J connectivity index is 1.22. The normalized spacial score (nSPS) is 16.0. The van der Waals surface area contributed by atoms with Gasteiger partial charge in [-0.05, 0) is 99.3 Å². The van der Waals surface area contributed by atoms with Crippen molar-refractivity contribution in [3.8, 4) is 27.9 Å². The molecule has 10 aromatic carbocycles. The lowest BCUT2D eigenvalue weighted by Crippen LogP contribution is -2.10. The lowest BCUT2D eigenvalue weighted by atomic mass is 9.93. The standard InChI is InChI=1S/C56H36N2O/c1-2-17-39(18-3-1)57(40-32-30-37(31-33-40)49-34-38-16-4-5-19-42(38)43-20-6-7-21-44(43)49)41-35-50(56-51(36-41)48-25-11-15-29-55(48)59-56)47-24-10-14-28-54(47)58-52-26-12-8-22-45(52)46-23-9-13-27-53(46)58/h1-36H/i1D,2D,3D,4D,5D,6D,7D,16D,17D,18D,19D,20D,21D,30D,31D,32D,33D,34D. The van der Waals surface area contributed by atoms with Gasteiger partial charge in [-0.25, -0.2) is 0 Å². The molecular formula is C56H36N2O. The predicted octanol–water partition coefficient (Wildman–Crippen LogP) is 15.8. The number of hydrogen-bond donors (Lipinski definition) is 0. The number of fused-ring (bicyclic) bond motifs is 9. The molecule has 12 rings (SSSR count). The summed E-state index contributed by atoms with van der Waals surface area (Å²) < 4.78 is 173. The number of hydrogen-bond acceptors (Lipinski definition) is 2. The van der Waals surface area contributed by atoms with Crippen molar-refractivity contribution in [2.45, 2.75) is 0 Å². The highest BCUT2D eigenvalue weighted by Gasteiger charge is 2.23. The fourth-order valence-corrected chi connectivity index (χ4v) is 8.14. The first kappa shape index (κ1) is 20.0. The van der Waals surface area contributed by atoms with E-state index in [2.05, 4.69) is 4.57 Å². The van der Waals surface area contributed by atoms with Gasteiger partial charge in [0.15, 0.2) is 0 Å². The maximum atomic E-state index is 9.92. The lowest BCUT2D eigenvalue weighted by molar-refractivity contribution is 0.670. The zero-order valence-electron chi connectivity index (χ0n) is 48.7. The smallest absolute Gasteiger partial charge is 0.143 e. The Morgan fingerprint density at radius 1 is 0.424 bits per heavy atom. The van der Waals surface area contributed by atoms with Gasteiger partial charge >= 0.3 is 0 Å². The summed E-state index contributed by atoms with van der Waals surface area (Å²) in [7, 11) is 0. The van der Waals surface area contributed by atoms with Crippen LogP contribution < -0.4 is 4.90 Å². The summed E-state index contributed by atoms with van der Waals surface area (Å²) in [6, 6.07) is 19.6. The lowest BCUT2D eigenvalue weighted by Gasteiger charge is -2.27. The van der Waals surface area contributed by atoms with E-state index in [-0.39, 0.29) is 5.69 Å². The second-order valence-corrected chi connectivity index (χ2v) is 13.9. The largest absolute Gasteiger partial charge is 0.455 e. The average Bonchev–Trinajstić information content (AvgIpc) is 4.03. The molecule has 0 aliphatic carbocycles. The predicted molar refractivity (Wildman–Crippen MR) is 249 cm³/mol. The van der Waals surface area contributed by atoms with Crippen LogP contribution in [-0.4, -0.2) is 4.57 Å². The summed E-state index contributed by atoms with van der Waals surface area (Å²) in [4.78, 5) is 1.07. The van der Waals surface area contributed by atoms with E-state index >= 15 is 0 Å². The van der Waals surface area contributed by atoms with E-state index in [1.165, 1.54) is 0 Å². The van der Waals surface area contributed by atoms with Crippen molar-refractivity contribution in [1.82, 2.24) is 4.57 Å². The highest BCUT2D eigenvalue weighted by atomic mass is 16.3. The number of anilines is 3. The zero-order chi connectivity index (χ0) is 54.5. The van der Waals surface area contributed by atoms with Gasteiger partial charge in [0, 0.05) is 49.7 Å². The van der Waals surface area contributed by atoms with Crippen molar-refractivity contribution in [2.24, 2.45) is 0 Å². The van der Waals surface area contributed by atoms with E-state index in [1.54, 1.807) is 30.3 Å². The van der Waals surface area contributed by atoms with Gasteiger partial charge in [-0.1, -0.05) is 151 Å². The van der Waals surface area contributed by atoms with Crippen LogP contribution in [0.15, 0.2) is 222 Å². The van der Waals surface area contributed by atoms with Gasteiger partial charge in [-0.2, -0.15) is 0 Å². The van der Waals surface area contributed by atoms with Gasteiger partial charge in [0.25, 0.3) is 0 Å². The summed E-state index contributed by atoms with van der Waals surface area (Å²) in [6.45, 7) is 0. The molecule has 0 aliphatic heterocycles. The van der Waals surface area contributed by atoms with E-state index in [1.807, 2.05) is 78.9 Å². The summed E-state index contributed by atoms with van der Waals surface area (Å²) in [6.07, 6.45) is 0. The molecule has 0 aliphatic rings. The Morgan fingerprint density at radius 2 is 1.03 bits per heavy atom. The molecule has 0 fully saturated rings. The third-order valence-electron chi connectivity index (χ3n) is 10.7. The molecule has 0 spiro atoms. The van der Waals surface area contributed by atoms with E-state index < -0.39 is 153 Å². The van der Waals surface area contributed by atoms with Crippen LogP contribution in [0.2, 0.25) is 0 Å². The third kappa shape index (κ3) is 5.29. The SMILES string of the molecule is [2H]c1c([2H])c([2H])c(N(c2cc(-c3ccccc3-n3c4ccccc4c4ccccc43)c3oc4ccccc4c3c2)c2c([2H])c([2H])c(-c3c([2H])c4c([2H])c([2H])c([2H])c([2H])c4c4c([2H])c([2H])c([2H])c([2H])c34)c([2H])c2[2H])c([2H])c1[2H]. The van der Waals surface area contributed by atoms with Crippen LogP contribution in [0.25, 0.3) is 93.2 Å². The van der Waals surface area contributed by atoms with Crippen LogP contribution in [-0.2, 0) is 0 Å². The van der Waals surface area contributed by atoms with Gasteiger partial charge in [-0.15, -0.1) is 0 Å². The minimum absolute atomic E-state index is 0.00519. The molecule has 0 saturated carbocycles. The minimum Gasteiger partial charge on any atom is -0.455 e. The zero-order valence-corrected chi connectivity index (χ0v) is 30.7. The molecule has 12 aromatic rings.